The van der Waals surface area contributed by atoms with Gasteiger partial charge in [0.1, 0.15) is 5.15 Å². The van der Waals surface area contributed by atoms with E-state index >= 15 is 0 Å². The Kier molecular flexibility index (Phi) is 3.25. The molecule has 1 N–H and O–H groups in total. The van der Waals surface area contributed by atoms with Gasteiger partial charge in [0.25, 0.3) is 0 Å². The Morgan fingerprint density at radius 3 is 2.69 bits per heavy atom. The molecule has 1 amide bonds. The number of anilines is 1. The Morgan fingerprint density at radius 2 is 2.23 bits per heavy atom. The summed E-state index contributed by atoms with van der Waals surface area (Å²) >= 11 is 5.59. The summed E-state index contributed by atoms with van der Waals surface area (Å²) in [5, 5.41) is 3.13. The molecular formula is C9H11ClN2O. The van der Waals surface area contributed by atoms with Crippen molar-refractivity contribution < 1.29 is 4.79 Å². The number of carbonyl (C=O) groups excluding carboxylic acids is 1. The first-order valence-corrected chi connectivity index (χ1v) is 4.40. The van der Waals surface area contributed by atoms with Gasteiger partial charge in [0.15, 0.2) is 0 Å². The summed E-state index contributed by atoms with van der Waals surface area (Å²) in [6.07, 6.45) is 1.53. The lowest BCUT2D eigenvalue weighted by atomic mass is 10.2. The SMILES string of the molecule is CC(C)C(=O)Nc1ccc(Cl)nc1. The number of nitrogens with one attached hydrogen (secondary N) is 1. The first-order valence-electron chi connectivity index (χ1n) is 4.02. The standard InChI is InChI=1S/C9H11ClN2O/c1-6(2)9(13)12-7-3-4-8(10)11-5-7/h3-6H,1-2H3,(H,12,13). The van der Waals surface area contributed by atoms with E-state index in [1.165, 1.54) is 6.20 Å². The van der Waals surface area contributed by atoms with Gasteiger partial charge >= 0.3 is 0 Å². The predicted octanol–water partition coefficient (Wildman–Crippen LogP) is 2.33. The molecule has 0 radical (unpaired) electrons. The second-order valence-corrected chi connectivity index (χ2v) is 3.40. The number of rotatable bonds is 2. The number of aromatic nitrogens is 1. The molecule has 4 heteroatoms. The van der Waals surface area contributed by atoms with Crippen LogP contribution < -0.4 is 5.32 Å². The third-order valence-corrected chi connectivity index (χ3v) is 1.74. The zero-order valence-electron chi connectivity index (χ0n) is 7.54. The van der Waals surface area contributed by atoms with Gasteiger partial charge in [0, 0.05) is 5.92 Å². The van der Waals surface area contributed by atoms with E-state index in [1.54, 1.807) is 12.1 Å². The lowest BCUT2D eigenvalue weighted by Gasteiger charge is -2.06. The van der Waals surface area contributed by atoms with Gasteiger partial charge in [0.05, 0.1) is 11.9 Å². The number of hydrogen-bond donors (Lipinski definition) is 1. The molecule has 0 spiro atoms. The molecule has 0 aliphatic heterocycles. The summed E-state index contributed by atoms with van der Waals surface area (Å²) in [6.45, 7) is 3.66. The second-order valence-electron chi connectivity index (χ2n) is 3.01. The number of amides is 1. The van der Waals surface area contributed by atoms with Crippen LogP contribution in [0.4, 0.5) is 5.69 Å². The van der Waals surface area contributed by atoms with Crippen LogP contribution in [-0.2, 0) is 4.79 Å². The molecule has 1 aromatic heterocycles. The summed E-state index contributed by atoms with van der Waals surface area (Å²) in [5.74, 6) is -0.0557. The molecule has 3 nitrogen and oxygen atoms in total. The Hall–Kier alpha value is -1.09. The third kappa shape index (κ3) is 3.03. The minimum absolute atomic E-state index is 0.0240. The van der Waals surface area contributed by atoms with E-state index in [-0.39, 0.29) is 11.8 Å². The summed E-state index contributed by atoms with van der Waals surface area (Å²) in [7, 11) is 0. The highest BCUT2D eigenvalue weighted by atomic mass is 35.5. The summed E-state index contributed by atoms with van der Waals surface area (Å²) in [6, 6.07) is 3.35. The Morgan fingerprint density at radius 1 is 1.54 bits per heavy atom. The number of halogens is 1. The van der Waals surface area contributed by atoms with E-state index in [1.807, 2.05) is 13.8 Å². The highest BCUT2D eigenvalue weighted by Crippen LogP contribution is 2.10. The molecule has 1 rings (SSSR count). The van der Waals surface area contributed by atoms with Crippen LogP contribution in [0.2, 0.25) is 5.15 Å². The summed E-state index contributed by atoms with van der Waals surface area (Å²) < 4.78 is 0. The molecule has 0 atom stereocenters. The van der Waals surface area contributed by atoms with Crippen LogP contribution in [0.1, 0.15) is 13.8 Å². The quantitative estimate of drug-likeness (QED) is 0.742. The number of carbonyl (C=O) groups is 1. The Labute approximate surface area is 82.1 Å². The second kappa shape index (κ2) is 4.23. The minimum atomic E-state index is -0.0318. The third-order valence-electron chi connectivity index (χ3n) is 1.52. The molecule has 1 heterocycles. The van der Waals surface area contributed by atoms with Crippen molar-refractivity contribution in [3.63, 3.8) is 0 Å². The smallest absolute Gasteiger partial charge is 0.226 e. The summed E-state index contributed by atoms with van der Waals surface area (Å²) in [5.41, 5.74) is 0.670. The molecule has 0 unspecified atom stereocenters. The predicted molar refractivity (Wildman–Crippen MR) is 52.7 cm³/mol. The van der Waals surface area contributed by atoms with Crippen molar-refractivity contribution in [3.05, 3.63) is 23.5 Å². The van der Waals surface area contributed by atoms with Gasteiger partial charge in [-0.2, -0.15) is 0 Å². The first-order chi connectivity index (χ1) is 6.09. The van der Waals surface area contributed by atoms with Crippen molar-refractivity contribution in [3.8, 4) is 0 Å². The highest BCUT2D eigenvalue weighted by molar-refractivity contribution is 6.29. The van der Waals surface area contributed by atoms with E-state index in [0.29, 0.717) is 10.8 Å². The topological polar surface area (TPSA) is 42.0 Å². The van der Waals surface area contributed by atoms with E-state index in [2.05, 4.69) is 10.3 Å². The van der Waals surface area contributed by atoms with Gasteiger partial charge in [0.2, 0.25) is 5.91 Å². The zero-order chi connectivity index (χ0) is 9.84. The van der Waals surface area contributed by atoms with Gasteiger partial charge in [-0.1, -0.05) is 25.4 Å². The molecule has 13 heavy (non-hydrogen) atoms. The molecule has 0 saturated heterocycles. The zero-order valence-corrected chi connectivity index (χ0v) is 8.30. The molecule has 0 bridgehead atoms. The molecule has 0 saturated carbocycles. The largest absolute Gasteiger partial charge is 0.325 e. The van der Waals surface area contributed by atoms with Crippen molar-refractivity contribution in [1.29, 1.82) is 0 Å². The van der Waals surface area contributed by atoms with Crippen LogP contribution in [0.5, 0.6) is 0 Å². The van der Waals surface area contributed by atoms with Crippen molar-refractivity contribution >= 4 is 23.2 Å². The van der Waals surface area contributed by atoms with Crippen molar-refractivity contribution in [2.24, 2.45) is 5.92 Å². The van der Waals surface area contributed by atoms with Gasteiger partial charge < -0.3 is 5.32 Å². The fourth-order valence-electron chi connectivity index (χ4n) is 0.736. The maximum absolute atomic E-state index is 11.2. The van der Waals surface area contributed by atoms with Crippen LogP contribution in [0.15, 0.2) is 18.3 Å². The Balaban J connectivity index is 2.65. The lowest BCUT2D eigenvalue weighted by Crippen LogP contribution is -2.17. The van der Waals surface area contributed by atoms with Crippen molar-refractivity contribution in [2.75, 3.05) is 5.32 Å². The molecule has 0 aliphatic rings. The fourth-order valence-corrected chi connectivity index (χ4v) is 0.848. The van der Waals surface area contributed by atoms with E-state index in [0.717, 1.165) is 0 Å². The molecule has 0 aliphatic carbocycles. The fraction of sp³-hybridized carbons (Fsp3) is 0.333. The first kappa shape index (κ1) is 9.99. The van der Waals surface area contributed by atoms with Crippen molar-refractivity contribution in [1.82, 2.24) is 4.98 Å². The average Bonchev–Trinajstić information content (AvgIpc) is 2.08. The van der Waals surface area contributed by atoms with Gasteiger partial charge in [-0.05, 0) is 12.1 Å². The van der Waals surface area contributed by atoms with Gasteiger partial charge in [-0.15, -0.1) is 0 Å². The number of nitrogens with zero attached hydrogens (tertiary/aromatic N) is 1. The number of hydrogen-bond acceptors (Lipinski definition) is 2. The maximum Gasteiger partial charge on any atom is 0.226 e. The van der Waals surface area contributed by atoms with Crippen LogP contribution in [0.25, 0.3) is 0 Å². The minimum Gasteiger partial charge on any atom is -0.325 e. The van der Waals surface area contributed by atoms with Gasteiger partial charge in [-0.3, -0.25) is 4.79 Å². The normalized spacial score (nSPS) is 10.2. The maximum atomic E-state index is 11.2. The lowest BCUT2D eigenvalue weighted by molar-refractivity contribution is -0.118. The van der Waals surface area contributed by atoms with Crippen molar-refractivity contribution in [2.45, 2.75) is 13.8 Å². The molecule has 1 aromatic rings. The average molecular weight is 199 g/mol. The molecule has 70 valence electrons. The summed E-state index contributed by atoms with van der Waals surface area (Å²) in [4.78, 5) is 15.1. The van der Waals surface area contributed by atoms with E-state index < -0.39 is 0 Å². The van der Waals surface area contributed by atoms with Crippen LogP contribution in [0.3, 0.4) is 0 Å². The molecule has 0 aromatic carbocycles. The Bertz CT molecular complexity index is 295. The van der Waals surface area contributed by atoms with Crippen LogP contribution in [-0.4, -0.2) is 10.9 Å². The molecular weight excluding hydrogens is 188 g/mol. The number of pyridine rings is 1. The highest BCUT2D eigenvalue weighted by Gasteiger charge is 2.06. The van der Waals surface area contributed by atoms with Gasteiger partial charge in [-0.25, -0.2) is 4.98 Å². The van der Waals surface area contributed by atoms with Crippen LogP contribution in [0, 0.1) is 5.92 Å². The van der Waals surface area contributed by atoms with E-state index in [9.17, 15) is 4.79 Å². The molecule has 0 fully saturated rings. The monoisotopic (exact) mass is 198 g/mol. The van der Waals surface area contributed by atoms with E-state index in [4.69, 9.17) is 11.6 Å². The van der Waals surface area contributed by atoms with Crippen LogP contribution >= 0.6 is 11.6 Å².